The second-order valence-electron chi connectivity index (χ2n) is 5.49. The fraction of sp³-hybridized carbons (Fsp3) is 0.375. The summed E-state index contributed by atoms with van der Waals surface area (Å²) < 4.78 is 5.19. The van der Waals surface area contributed by atoms with Gasteiger partial charge in [-0.15, -0.1) is 0 Å². The summed E-state index contributed by atoms with van der Waals surface area (Å²) in [4.78, 5) is 12.0. The molecule has 0 aliphatic carbocycles. The fourth-order valence-corrected chi connectivity index (χ4v) is 2.37. The van der Waals surface area contributed by atoms with Gasteiger partial charge in [0.15, 0.2) is 11.5 Å². The lowest BCUT2D eigenvalue weighted by Crippen LogP contribution is -2.29. The molecule has 0 fully saturated rings. The highest BCUT2D eigenvalue weighted by Gasteiger charge is 2.15. The molecule has 2 aromatic rings. The molecule has 2 rings (SSSR count). The van der Waals surface area contributed by atoms with E-state index < -0.39 is 0 Å². The number of carbonyl (C=O) groups excluding carboxylic acids is 1. The Morgan fingerprint density at radius 1 is 1.41 bits per heavy atom. The Kier molecular flexibility index (Phi) is 5.57. The number of hydrogen-bond acceptors (Lipinski definition) is 4. The topological polar surface area (TPSA) is 75.4 Å². The number of nitrogens with zero attached hydrogens (tertiary/aromatic N) is 1. The van der Waals surface area contributed by atoms with Gasteiger partial charge in [0.1, 0.15) is 0 Å². The van der Waals surface area contributed by atoms with Crippen LogP contribution in [0, 0.1) is 5.92 Å². The van der Waals surface area contributed by atoms with Crippen LogP contribution >= 0.6 is 11.6 Å². The molecule has 2 atom stereocenters. The average Bonchev–Trinajstić information content (AvgIpc) is 2.94. The van der Waals surface area contributed by atoms with Gasteiger partial charge in [0, 0.05) is 23.2 Å². The van der Waals surface area contributed by atoms with Gasteiger partial charge in [0.2, 0.25) is 0 Å². The van der Waals surface area contributed by atoms with E-state index in [4.69, 9.17) is 16.1 Å². The first-order chi connectivity index (χ1) is 10.5. The molecule has 0 spiro atoms. The van der Waals surface area contributed by atoms with Gasteiger partial charge >= 0.3 is 0 Å². The lowest BCUT2D eigenvalue weighted by atomic mass is 10.0. The van der Waals surface area contributed by atoms with E-state index in [1.165, 1.54) is 0 Å². The quantitative estimate of drug-likeness (QED) is 0.856. The lowest BCUT2D eigenvalue weighted by Gasteiger charge is -2.13. The molecule has 22 heavy (non-hydrogen) atoms. The number of aliphatic hydroxyl groups excluding tert-OH is 1. The highest BCUT2D eigenvalue weighted by atomic mass is 35.5. The Balaban J connectivity index is 1.97. The maximum absolute atomic E-state index is 12.0. The van der Waals surface area contributed by atoms with Gasteiger partial charge in [-0.2, -0.15) is 0 Å². The molecule has 0 aliphatic rings. The van der Waals surface area contributed by atoms with Crippen molar-refractivity contribution >= 4 is 17.5 Å². The van der Waals surface area contributed by atoms with Gasteiger partial charge < -0.3 is 14.9 Å². The van der Waals surface area contributed by atoms with Crippen LogP contribution in [0.25, 0.3) is 11.3 Å². The third kappa shape index (κ3) is 4.58. The molecule has 0 bridgehead atoms. The number of halogens is 1. The molecule has 1 amide bonds. The molecule has 0 radical (unpaired) electrons. The number of nitrogens with one attached hydrogen (secondary N) is 1. The average molecular weight is 323 g/mol. The van der Waals surface area contributed by atoms with Crippen LogP contribution in [0.15, 0.2) is 34.9 Å². The van der Waals surface area contributed by atoms with Crippen molar-refractivity contribution < 1.29 is 14.4 Å². The van der Waals surface area contributed by atoms with Crippen LogP contribution in [-0.4, -0.2) is 28.8 Å². The third-order valence-electron chi connectivity index (χ3n) is 3.21. The summed E-state index contributed by atoms with van der Waals surface area (Å²) >= 11 is 5.93. The summed E-state index contributed by atoms with van der Waals surface area (Å²) in [5.41, 5.74) is 0.987. The van der Waals surface area contributed by atoms with Crippen LogP contribution in [0.2, 0.25) is 5.02 Å². The number of carbonyl (C=O) groups is 1. The third-order valence-corrected chi connectivity index (χ3v) is 3.44. The predicted octanol–water partition coefficient (Wildman–Crippen LogP) is 3.13. The molecule has 5 nitrogen and oxygen atoms in total. The second kappa shape index (κ2) is 7.42. The Bertz CT molecular complexity index is 640. The number of hydrogen-bond donors (Lipinski definition) is 2. The van der Waals surface area contributed by atoms with Crippen LogP contribution in [0.3, 0.4) is 0 Å². The Morgan fingerprint density at radius 3 is 2.86 bits per heavy atom. The van der Waals surface area contributed by atoms with Crippen LogP contribution in [0.4, 0.5) is 0 Å². The van der Waals surface area contributed by atoms with Crippen molar-refractivity contribution in [3.63, 3.8) is 0 Å². The van der Waals surface area contributed by atoms with E-state index in [9.17, 15) is 9.90 Å². The molecular weight excluding hydrogens is 304 g/mol. The second-order valence-corrected chi connectivity index (χ2v) is 5.92. The molecular formula is C16H19ClN2O3. The maximum Gasteiger partial charge on any atom is 0.273 e. The summed E-state index contributed by atoms with van der Waals surface area (Å²) in [5.74, 6) is 0.377. The number of amides is 1. The minimum Gasteiger partial charge on any atom is -0.393 e. The van der Waals surface area contributed by atoms with E-state index in [2.05, 4.69) is 10.5 Å². The van der Waals surface area contributed by atoms with Gasteiger partial charge in [0.05, 0.1) is 6.10 Å². The first-order valence-electron chi connectivity index (χ1n) is 7.14. The number of benzene rings is 1. The Labute approximate surface area is 134 Å². The minimum atomic E-state index is -0.381. The first kappa shape index (κ1) is 16.5. The summed E-state index contributed by atoms with van der Waals surface area (Å²) in [6.45, 7) is 4.17. The summed E-state index contributed by atoms with van der Waals surface area (Å²) in [7, 11) is 0. The SMILES string of the molecule is CC(O)CC(C)CNC(=O)c1cc(-c2cccc(Cl)c2)on1. The number of aromatic nitrogens is 1. The largest absolute Gasteiger partial charge is 0.393 e. The van der Waals surface area contributed by atoms with Crippen molar-refractivity contribution in [3.05, 3.63) is 41.0 Å². The van der Waals surface area contributed by atoms with Gasteiger partial charge in [0.25, 0.3) is 5.91 Å². The van der Waals surface area contributed by atoms with Crippen molar-refractivity contribution in [1.82, 2.24) is 10.5 Å². The normalized spacial score (nSPS) is 13.6. The van der Waals surface area contributed by atoms with Gasteiger partial charge in [-0.05, 0) is 31.4 Å². The van der Waals surface area contributed by atoms with Crippen LogP contribution in [-0.2, 0) is 0 Å². The molecule has 0 aliphatic heterocycles. The first-order valence-corrected chi connectivity index (χ1v) is 7.52. The van der Waals surface area contributed by atoms with Crippen molar-refractivity contribution in [2.45, 2.75) is 26.4 Å². The van der Waals surface area contributed by atoms with Crippen molar-refractivity contribution in [2.24, 2.45) is 5.92 Å². The van der Waals surface area contributed by atoms with Crippen LogP contribution in [0.1, 0.15) is 30.8 Å². The monoisotopic (exact) mass is 322 g/mol. The zero-order valence-electron chi connectivity index (χ0n) is 12.5. The van der Waals surface area contributed by atoms with E-state index in [-0.39, 0.29) is 23.6 Å². The zero-order chi connectivity index (χ0) is 16.1. The molecule has 6 heteroatoms. The molecule has 1 heterocycles. The Morgan fingerprint density at radius 2 is 2.18 bits per heavy atom. The van der Waals surface area contributed by atoms with E-state index in [1.54, 1.807) is 31.2 Å². The Hall–Kier alpha value is -1.85. The molecule has 2 N–H and O–H groups in total. The molecule has 1 aromatic carbocycles. The zero-order valence-corrected chi connectivity index (χ0v) is 13.3. The van der Waals surface area contributed by atoms with Gasteiger partial charge in [-0.3, -0.25) is 4.79 Å². The predicted molar refractivity (Wildman–Crippen MR) is 84.7 cm³/mol. The van der Waals surface area contributed by atoms with Crippen molar-refractivity contribution in [1.29, 1.82) is 0 Å². The summed E-state index contributed by atoms with van der Waals surface area (Å²) in [6.07, 6.45) is 0.251. The van der Waals surface area contributed by atoms with E-state index in [0.717, 1.165) is 5.56 Å². The molecule has 2 unspecified atom stereocenters. The lowest BCUT2D eigenvalue weighted by molar-refractivity contribution is 0.0930. The van der Waals surface area contributed by atoms with Crippen LogP contribution in [0.5, 0.6) is 0 Å². The molecule has 0 saturated carbocycles. The standard InChI is InChI=1S/C16H19ClN2O3/c1-10(6-11(2)20)9-18-16(21)14-8-15(22-19-14)12-4-3-5-13(17)7-12/h3-5,7-8,10-11,20H,6,9H2,1-2H3,(H,18,21). The number of aliphatic hydroxyl groups is 1. The number of rotatable bonds is 6. The molecule has 118 valence electrons. The summed E-state index contributed by atoms with van der Waals surface area (Å²) in [6, 6.07) is 8.73. The van der Waals surface area contributed by atoms with Crippen molar-refractivity contribution in [3.8, 4) is 11.3 Å². The molecule has 0 saturated heterocycles. The highest BCUT2D eigenvalue weighted by molar-refractivity contribution is 6.30. The van der Waals surface area contributed by atoms with Crippen molar-refractivity contribution in [2.75, 3.05) is 6.54 Å². The summed E-state index contributed by atoms with van der Waals surface area (Å²) in [5, 5.41) is 16.5. The highest BCUT2D eigenvalue weighted by Crippen LogP contribution is 2.23. The fourth-order valence-electron chi connectivity index (χ4n) is 2.18. The van der Waals surface area contributed by atoms with E-state index >= 15 is 0 Å². The maximum atomic E-state index is 12.0. The van der Waals surface area contributed by atoms with E-state index in [1.807, 2.05) is 13.0 Å². The van der Waals surface area contributed by atoms with Gasteiger partial charge in [-0.25, -0.2) is 0 Å². The smallest absolute Gasteiger partial charge is 0.273 e. The van der Waals surface area contributed by atoms with Crippen LogP contribution < -0.4 is 5.32 Å². The minimum absolute atomic E-state index is 0.184. The van der Waals surface area contributed by atoms with E-state index in [0.29, 0.717) is 23.7 Å². The molecule has 1 aromatic heterocycles. The van der Waals surface area contributed by atoms with Gasteiger partial charge in [-0.1, -0.05) is 35.8 Å².